The van der Waals surface area contributed by atoms with Crippen molar-refractivity contribution >= 4 is 62.4 Å². The van der Waals surface area contributed by atoms with Gasteiger partial charge in [-0.2, -0.15) is 22.8 Å². The number of carbonyl (C=O) groups is 1. The number of amides is 1. The molecule has 5 unspecified atom stereocenters. The van der Waals surface area contributed by atoms with Gasteiger partial charge < -0.3 is 19.5 Å². The summed E-state index contributed by atoms with van der Waals surface area (Å²) in [5.74, 6) is -0.252. The van der Waals surface area contributed by atoms with Crippen LogP contribution in [-0.4, -0.2) is 50.0 Å². The topological polar surface area (TPSA) is 96.1 Å². The zero-order valence-electron chi connectivity index (χ0n) is 29.0. The number of benzene rings is 2. The van der Waals surface area contributed by atoms with Crippen LogP contribution in [0.25, 0.3) is 32.9 Å². The number of aromatic nitrogens is 3. The highest BCUT2D eigenvalue weighted by Gasteiger charge is 2.51. The average Bonchev–Trinajstić information content (AvgIpc) is 3.62. The van der Waals surface area contributed by atoms with Crippen LogP contribution in [0.2, 0.25) is 10.0 Å². The van der Waals surface area contributed by atoms with Gasteiger partial charge in [0.05, 0.1) is 52.1 Å². The number of aryl methyl sites for hydroxylation is 2. The van der Waals surface area contributed by atoms with Crippen LogP contribution in [0.15, 0.2) is 36.4 Å². The molecule has 15 heteroatoms. The average molecular weight is 798 g/mol. The Bertz CT molecular complexity index is 2370. The van der Waals surface area contributed by atoms with Gasteiger partial charge in [-0.1, -0.05) is 35.3 Å². The van der Waals surface area contributed by atoms with Crippen LogP contribution in [0.1, 0.15) is 71.7 Å². The lowest BCUT2D eigenvalue weighted by atomic mass is 9.79. The number of fused-ring (bicyclic) bond motifs is 4. The van der Waals surface area contributed by atoms with Gasteiger partial charge in [0.15, 0.2) is 5.82 Å². The quantitative estimate of drug-likeness (QED) is 0.150. The summed E-state index contributed by atoms with van der Waals surface area (Å²) in [5.41, 5.74) is 4.02. The fourth-order valence-corrected chi connectivity index (χ4v) is 9.83. The lowest BCUT2D eigenvalue weighted by Crippen LogP contribution is -2.41. The Morgan fingerprint density at radius 1 is 1.17 bits per heavy atom. The van der Waals surface area contributed by atoms with E-state index in [1.54, 1.807) is 18.2 Å². The Kier molecular flexibility index (Phi) is 8.93. The van der Waals surface area contributed by atoms with Crippen molar-refractivity contribution in [1.82, 2.24) is 24.1 Å². The summed E-state index contributed by atoms with van der Waals surface area (Å²) in [5, 5.41) is 15.2. The van der Waals surface area contributed by atoms with Gasteiger partial charge >= 0.3 is 6.18 Å². The van der Waals surface area contributed by atoms with Gasteiger partial charge in [0.1, 0.15) is 10.4 Å². The molecule has 5 fully saturated rings. The Morgan fingerprint density at radius 2 is 1.98 bits per heavy atom. The molecule has 3 aromatic heterocycles. The van der Waals surface area contributed by atoms with Gasteiger partial charge in [0.2, 0.25) is 5.91 Å². The minimum absolute atomic E-state index is 0.0400. The minimum atomic E-state index is -4.48. The number of rotatable bonds is 9. The number of ether oxygens (including phenoxy) is 1. The molecule has 5 atom stereocenters. The molecule has 10 rings (SSSR count). The van der Waals surface area contributed by atoms with Gasteiger partial charge in [0, 0.05) is 71.2 Å². The van der Waals surface area contributed by atoms with E-state index in [1.807, 2.05) is 17.9 Å². The van der Waals surface area contributed by atoms with Crippen molar-refractivity contribution in [2.75, 3.05) is 13.1 Å². The fraction of sp³-hybridized carbons (Fsp3) is 0.436. The third kappa shape index (κ3) is 5.96. The Balaban J connectivity index is 1.19. The van der Waals surface area contributed by atoms with E-state index in [9.17, 15) is 23.2 Å². The molecule has 6 heterocycles. The summed E-state index contributed by atoms with van der Waals surface area (Å²) < 4.78 is 69.5. The smallest absolute Gasteiger partial charge is 0.370 e. The SMILES string of the molecule is Cc1nc2c(F)c(-c3cccc(Cl)c3Cl)c(CCC#N)cc2c2c1cc(C1CC(OCc3cc(C(F)(F)F)sn3)CN1C(=O)C1CC1)n2C1C2CNC1C2. The molecule has 0 radical (unpaired) electrons. The number of likely N-dealkylation sites (tertiary alicyclic amines) is 1. The van der Waals surface area contributed by atoms with Crippen LogP contribution in [0.5, 0.6) is 0 Å². The summed E-state index contributed by atoms with van der Waals surface area (Å²) in [6.45, 7) is 2.88. The van der Waals surface area contributed by atoms with Crippen LogP contribution < -0.4 is 5.32 Å². The molecule has 3 aliphatic heterocycles. The molecule has 8 nitrogen and oxygen atoms in total. The molecule has 2 saturated carbocycles. The van der Waals surface area contributed by atoms with Crippen LogP contribution in [0.4, 0.5) is 17.6 Å². The van der Waals surface area contributed by atoms with Crippen molar-refractivity contribution in [3.63, 3.8) is 0 Å². The standard InChI is InChI=1S/C39H34Cl2F4N6O2S/c1-18-25-14-30(29-13-23(16-50(29)38(52)19-7-8-19)53-17-22-12-31(54-49-22)39(43,44)45)51(36-21-11-28(36)47-15-21)37(25)26-10-20(4-3-9-46)32(34(42)35(26)48-18)24-5-2-6-27(40)33(24)41/h2,5-6,10,12,14,19,21,23,28-29,36,47H,3-4,7-8,11,13,15-17H2,1H3. The molecule has 1 amide bonds. The highest BCUT2D eigenvalue weighted by molar-refractivity contribution is 7.05. The van der Waals surface area contributed by atoms with E-state index in [0.29, 0.717) is 52.6 Å². The Morgan fingerprint density at radius 3 is 2.67 bits per heavy atom. The molecule has 0 spiro atoms. The summed E-state index contributed by atoms with van der Waals surface area (Å²) in [7, 11) is 0. The molecule has 5 aromatic rings. The molecule has 2 aliphatic carbocycles. The van der Waals surface area contributed by atoms with Crippen molar-refractivity contribution in [1.29, 1.82) is 5.26 Å². The number of nitriles is 1. The number of pyridine rings is 1. The van der Waals surface area contributed by atoms with Crippen molar-refractivity contribution < 1.29 is 27.1 Å². The summed E-state index contributed by atoms with van der Waals surface area (Å²) in [4.78, 5) is 19.9. The van der Waals surface area contributed by atoms with Crippen LogP contribution in [0.3, 0.4) is 0 Å². The summed E-state index contributed by atoms with van der Waals surface area (Å²) >= 11 is 13.5. The van der Waals surface area contributed by atoms with Crippen LogP contribution in [0, 0.1) is 35.9 Å². The van der Waals surface area contributed by atoms with E-state index in [4.69, 9.17) is 32.9 Å². The number of hydrogen-bond acceptors (Lipinski definition) is 7. The van der Waals surface area contributed by atoms with Gasteiger partial charge in [-0.3, -0.25) is 4.79 Å². The second kappa shape index (κ2) is 13.4. The van der Waals surface area contributed by atoms with Gasteiger partial charge in [0.25, 0.3) is 0 Å². The molecule has 1 N–H and O–H groups in total. The summed E-state index contributed by atoms with van der Waals surface area (Å²) in [6, 6.07) is 12.1. The van der Waals surface area contributed by atoms with E-state index in [-0.39, 0.29) is 70.2 Å². The van der Waals surface area contributed by atoms with Crippen molar-refractivity contribution in [3.8, 4) is 17.2 Å². The molecule has 280 valence electrons. The normalized spacial score (nSPS) is 23.7. The molecule has 3 saturated heterocycles. The summed E-state index contributed by atoms with van der Waals surface area (Å²) in [6.07, 6.45) is -1.44. The molecule has 54 heavy (non-hydrogen) atoms. The van der Waals surface area contributed by atoms with Crippen LogP contribution in [-0.2, 0) is 28.7 Å². The van der Waals surface area contributed by atoms with Gasteiger partial charge in [-0.05, 0) is 79.9 Å². The van der Waals surface area contributed by atoms with Gasteiger partial charge in [-0.25, -0.2) is 9.37 Å². The predicted octanol–water partition coefficient (Wildman–Crippen LogP) is 9.34. The number of hydrogen-bond donors (Lipinski definition) is 1. The van der Waals surface area contributed by atoms with E-state index in [1.165, 1.54) is 0 Å². The van der Waals surface area contributed by atoms with Crippen molar-refractivity contribution in [3.05, 3.63) is 79.8 Å². The third-order valence-corrected chi connectivity index (χ3v) is 13.2. The third-order valence-electron chi connectivity index (χ3n) is 11.6. The second-order valence-electron chi connectivity index (χ2n) is 14.9. The maximum absolute atomic E-state index is 17.2. The van der Waals surface area contributed by atoms with Crippen molar-refractivity contribution in [2.24, 2.45) is 11.8 Å². The van der Waals surface area contributed by atoms with E-state index in [2.05, 4.69) is 26.4 Å². The minimum Gasteiger partial charge on any atom is -0.370 e. The first-order chi connectivity index (χ1) is 25.9. The largest absolute Gasteiger partial charge is 0.427 e. The zero-order valence-corrected chi connectivity index (χ0v) is 31.3. The Labute approximate surface area is 322 Å². The molecular formula is C39H34Cl2F4N6O2S. The number of alkyl halides is 3. The lowest BCUT2D eigenvalue weighted by molar-refractivity contribution is -0.135. The zero-order chi connectivity index (χ0) is 37.6. The predicted molar refractivity (Wildman–Crippen MR) is 198 cm³/mol. The highest BCUT2D eigenvalue weighted by atomic mass is 35.5. The second-order valence-corrected chi connectivity index (χ2v) is 16.5. The fourth-order valence-electron chi connectivity index (χ4n) is 8.82. The van der Waals surface area contributed by atoms with E-state index in [0.717, 1.165) is 48.5 Å². The van der Waals surface area contributed by atoms with E-state index < -0.39 is 29.0 Å². The maximum atomic E-state index is 17.2. The number of halogens is 6. The monoisotopic (exact) mass is 796 g/mol. The number of nitrogens with one attached hydrogen (secondary N) is 1. The van der Waals surface area contributed by atoms with Crippen LogP contribution >= 0.6 is 34.7 Å². The molecule has 2 aromatic carbocycles. The van der Waals surface area contributed by atoms with E-state index >= 15 is 4.39 Å². The van der Waals surface area contributed by atoms with Gasteiger partial charge in [-0.15, -0.1) is 0 Å². The molecule has 5 aliphatic rings. The number of carbonyl (C=O) groups excluding carboxylic acids is 1. The molecular weight excluding hydrogens is 763 g/mol. The highest BCUT2D eigenvalue weighted by Crippen LogP contribution is 2.51. The first-order valence-electron chi connectivity index (χ1n) is 18.1. The number of nitrogens with zero attached hydrogens (tertiary/aromatic N) is 5. The van der Waals surface area contributed by atoms with Crippen molar-refractivity contribution in [2.45, 2.75) is 82.5 Å². The maximum Gasteiger partial charge on any atom is 0.427 e. The first kappa shape index (κ1) is 35.9. The first-order valence-corrected chi connectivity index (χ1v) is 19.6. The Hall–Kier alpha value is -3.80. The molecule has 2 bridgehead atoms. The lowest BCUT2D eigenvalue weighted by Gasteiger charge is -2.39.